The number of nitrogens with zero attached hydrogens (tertiary/aromatic N) is 3. The van der Waals surface area contributed by atoms with Crippen molar-refractivity contribution in [1.29, 1.82) is 0 Å². The van der Waals surface area contributed by atoms with Crippen LogP contribution in [0.5, 0.6) is 0 Å². The van der Waals surface area contributed by atoms with Gasteiger partial charge in [-0.1, -0.05) is 32.9 Å². The lowest BCUT2D eigenvalue weighted by Gasteiger charge is -2.19. The molecular formula is C18H20N4O. The van der Waals surface area contributed by atoms with Crippen LogP contribution in [0.1, 0.15) is 26.3 Å². The quantitative estimate of drug-likeness (QED) is 0.785. The topological polar surface area (TPSA) is 59.3 Å². The van der Waals surface area contributed by atoms with Crippen molar-refractivity contribution in [2.24, 2.45) is 5.41 Å². The molecule has 0 fully saturated rings. The monoisotopic (exact) mass is 308 g/mol. The maximum atomic E-state index is 12.2. The predicted octanol–water partition coefficient (Wildman–Crippen LogP) is 3.69. The van der Waals surface area contributed by atoms with Crippen LogP contribution in [0.4, 0.5) is 5.69 Å². The Hall–Kier alpha value is -2.69. The van der Waals surface area contributed by atoms with Gasteiger partial charge in [-0.2, -0.15) is 0 Å². The molecule has 0 saturated heterocycles. The lowest BCUT2D eigenvalue weighted by Crippen LogP contribution is -2.27. The van der Waals surface area contributed by atoms with E-state index < -0.39 is 5.41 Å². The fraction of sp³-hybridized carbons (Fsp3) is 0.278. The molecule has 1 aromatic carbocycles. The summed E-state index contributed by atoms with van der Waals surface area (Å²) in [6, 6.07) is 7.82. The highest BCUT2D eigenvalue weighted by molar-refractivity contribution is 5.95. The zero-order chi connectivity index (χ0) is 16.6. The lowest BCUT2D eigenvalue weighted by atomic mass is 9.95. The Morgan fingerprint density at radius 3 is 2.74 bits per heavy atom. The van der Waals surface area contributed by atoms with Crippen LogP contribution in [0.3, 0.4) is 0 Å². The fourth-order valence-electron chi connectivity index (χ4n) is 2.19. The molecule has 23 heavy (non-hydrogen) atoms. The van der Waals surface area contributed by atoms with E-state index in [1.165, 1.54) is 0 Å². The summed E-state index contributed by atoms with van der Waals surface area (Å²) >= 11 is 0. The van der Waals surface area contributed by atoms with Crippen LogP contribution in [0, 0.1) is 12.3 Å². The Balaban J connectivity index is 1.98. The second kappa shape index (κ2) is 5.50. The van der Waals surface area contributed by atoms with Gasteiger partial charge in [0.25, 0.3) is 0 Å². The number of hydrogen-bond donors (Lipinski definition) is 1. The summed E-state index contributed by atoms with van der Waals surface area (Å²) in [7, 11) is 0. The SMILES string of the molecule is Cc1ccc(-c2cn3cccnc3n2)cc1NC(=O)C(C)(C)C. The number of amides is 1. The van der Waals surface area contributed by atoms with Gasteiger partial charge in [0, 0.05) is 35.3 Å². The van der Waals surface area contributed by atoms with Crippen LogP contribution in [0.15, 0.2) is 42.9 Å². The molecule has 0 atom stereocenters. The number of benzene rings is 1. The summed E-state index contributed by atoms with van der Waals surface area (Å²) in [4.78, 5) is 21.0. The second-order valence-corrected chi connectivity index (χ2v) is 6.69. The van der Waals surface area contributed by atoms with Gasteiger partial charge in [-0.3, -0.25) is 9.20 Å². The number of nitrogens with one attached hydrogen (secondary N) is 1. The van der Waals surface area contributed by atoms with Crippen LogP contribution in [-0.2, 0) is 4.79 Å². The van der Waals surface area contributed by atoms with Crippen LogP contribution in [0.2, 0.25) is 0 Å². The molecule has 0 bridgehead atoms. The molecule has 118 valence electrons. The molecule has 2 aromatic heterocycles. The smallest absolute Gasteiger partial charge is 0.234 e. The molecule has 5 nitrogen and oxygen atoms in total. The third kappa shape index (κ3) is 3.08. The normalized spacial score (nSPS) is 11.7. The minimum Gasteiger partial charge on any atom is -0.325 e. The Labute approximate surface area is 135 Å². The largest absolute Gasteiger partial charge is 0.325 e. The first-order valence-corrected chi connectivity index (χ1v) is 7.57. The average molecular weight is 308 g/mol. The van der Waals surface area contributed by atoms with Crippen molar-refractivity contribution in [1.82, 2.24) is 14.4 Å². The van der Waals surface area contributed by atoms with Gasteiger partial charge in [-0.05, 0) is 24.6 Å². The first kappa shape index (κ1) is 15.2. The maximum Gasteiger partial charge on any atom is 0.234 e. The summed E-state index contributed by atoms with van der Waals surface area (Å²) in [5.41, 5.74) is 3.18. The molecule has 3 rings (SSSR count). The van der Waals surface area contributed by atoms with Crippen molar-refractivity contribution in [2.75, 3.05) is 5.32 Å². The lowest BCUT2D eigenvalue weighted by molar-refractivity contribution is -0.123. The molecule has 0 radical (unpaired) electrons. The van der Waals surface area contributed by atoms with Crippen molar-refractivity contribution in [3.63, 3.8) is 0 Å². The van der Waals surface area contributed by atoms with Gasteiger partial charge in [-0.15, -0.1) is 0 Å². The van der Waals surface area contributed by atoms with Crippen molar-refractivity contribution >= 4 is 17.4 Å². The molecule has 1 N–H and O–H groups in total. The van der Waals surface area contributed by atoms with Gasteiger partial charge in [0.1, 0.15) is 0 Å². The summed E-state index contributed by atoms with van der Waals surface area (Å²) in [6.07, 6.45) is 5.56. The highest BCUT2D eigenvalue weighted by atomic mass is 16.2. The zero-order valence-electron chi connectivity index (χ0n) is 13.8. The molecule has 0 spiro atoms. The first-order chi connectivity index (χ1) is 10.8. The van der Waals surface area contributed by atoms with E-state index in [-0.39, 0.29) is 5.91 Å². The van der Waals surface area contributed by atoms with E-state index in [9.17, 15) is 4.79 Å². The molecule has 0 aliphatic heterocycles. The van der Waals surface area contributed by atoms with E-state index in [0.29, 0.717) is 5.78 Å². The molecule has 0 aliphatic rings. The number of hydrogen-bond acceptors (Lipinski definition) is 3. The number of aromatic nitrogens is 3. The van der Waals surface area contributed by atoms with Crippen LogP contribution in [0.25, 0.3) is 17.0 Å². The minimum absolute atomic E-state index is 0.00517. The van der Waals surface area contributed by atoms with E-state index in [0.717, 1.165) is 22.5 Å². The average Bonchev–Trinajstić information content (AvgIpc) is 2.92. The highest BCUT2D eigenvalue weighted by Gasteiger charge is 2.22. The molecule has 0 unspecified atom stereocenters. The van der Waals surface area contributed by atoms with Crippen molar-refractivity contribution in [3.8, 4) is 11.3 Å². The molecule has 3 aromatic rings. The predicted molar refractivity (Wildman–Crippen MR) is 91.2 cm³/mol. The third-order valence-electron chi connectivity index (χ3n) is 3.70. The molecule has 2 heterocycles. The van der Waals surface area contributed by atoms with Gasteiger partial charge in [0.15, 0.2) is 0 Å². The molecule has 1 amide bonds. The van der Waals surface area contributed by atoms with E-state index in [1.54, 1.807) is 6.20 Å². The van der Waals surface area contributed by atoms with E-state index >= 15 is 0 Å². The highest BCUT2D eigenvalue weighted by Crippen LogP contribution is 2.26. The molecule has 0 aliphatic carbocycles. The number of fused-ring (bicyclic) bond motifs is 1. The number of aryl methyl sites for hydroxylation is 1. The van der Waals surface area contributed by atoms with Crippen LogP contribution < -0.4 is 5.32 Å². The Kier molecular flexibility index (Phi) is 3.64. The summed E-state index contributed by atoms with van der Waals surface area (Å²) in [6.45, 7) is 7.67. The first-order valence-electron chi connectivity index (χ1n) is 7.57. The van der Waals surface area contributed by atoms with Gasteiger partial charge in [0.05, 0.1) is 5.69 Å². The number of anilines is 1. The minimum atomic E-state index is -0.435. The summed E-state index contributed by atoms with van der Waals surface area (Å²) < 4.78 is 1.88. The van der Waals surface area contributed by atoms with Crippen LogP contribution in [-0.4, -0.2) is 20.3 Å². The fourth-order valence-corrected chi connectivity index (χ4v) is 2.19. The van der Waals surface area contributed by atoms with E-state index in [4.69, 9.17) is 0 Å². The number of carbonyl (C=O) groups excluding carboxylic acids is 1. The Morgan fingerprint density at radius 2 is 2.04 bits per heavy atom. The molecular weight excluding hydrogens is 288 g/mol. The van der Waals surface area contributed by atoms with Gasteiger partial charge < -0.3 is 5.32 Å². The number of rotatable bonds is 2. The van der Waals surface area contributed by atoms with Crippen LogP contribution >= 0.6 is 0 Å². The molecule has 5 heteroatoms. The van der Waals surface area contributed by atoms with Gasteiger partial charge in [-0.25, -0.2) is 9.97 Å². The van der Waals surface area contributed by atoms with E-state index in [1.807, 2.05) is 68.8 Å². The van der Waals surface area contributed by atoms with E-state index in [2.05, 4.69) is 15.3 Å². The Bertz CT molecular complexity index is 841. The maximum absolute atomic E-state index is 12.2. The summed E-state index contributed by atoms with van der Waals surface area (Å²) in [5, 5.41) is 3.00. The van der Waals surface area contributed by atoms with Crippen molar-refractivity contribution < 1.29 is 4.79 Å². The number of imidazole rings is 1. The zero-order valence-corrected chi connectivity index (χ0v) is 13.8. The third-order valence-corrected chi connectivity index (χ3v) is 3.70. The Morgan fingerprint density at radius 1 is 1.26 bits per heavy atom. The van der Waals surface area contributed by atoms with Gasteiger partial charge >= 0.3 is 0 Å². The molecule has 0 saturated carbocycles. The number of carbonyl (C=O) groups is 1. The standard InChI is InChI=1S/C18H20N4O/c1-12-6-7-13(10-14(12)20-16(23)18(2,3)4)15-11-22-9-5-8-19-17(22)21-15/h5-11H,1-4H3,(H,20,23). The van der Waals surface area contributed by atoms with Crippen molar-refractivity contribution in [3.05, 3.63) is 48.4 Å². The van der Waals surface area contributed by atoms with Crippen molar-refractivity contribution in [2.45, 2.75) is 27.7 Å². The van der Waals surface area contributed by atoms with Gasteiger partial charge in [0.2, 0.25) is 11.7 Å². The summed E-state index contributed by atoms with van der Waals surface area (Å²) in [5.74, 6) is 0.651. The second-order valence-electron chi connectivity index (χ2n) is 6.69.